The molecule has 1 N–H and O–H groups in total. The Morgan fingerprint density at radius 1 is 1.53 bits per heavy atom. The highest BCUT2D eigenvalue weighted by molar-refractivity contribution is 5.66. The third-order valence-corrected chi connectivity index (χ3v) is 2.37. The monoisotopic (exact) mass is 236 g/mol. The van der Waals surface area contributed by atoms with Crippen LogP contribution in [0.3, 0.4) is 0 Å². The largest absolute Gasteiger partial charge is 0.480 e. The number of fused-ring (bicyclic) bond motifs is 1. The van der Waals surface area contributed by atoms with Crippen molar-refractivity contribution in [2.24, 2.45) is 0 Å². The molecule has 2 aromatic heterocycles. The lowest BCUT2D eigenvalue weighted by Gasteiger charge is -2.02. The molecule has 0 aliphatic carbocycles. The van der Waals surface area contributed by atoms with Gasteiger partial charge in [-0.1, -0.05) is 13.8 Å². The number of hydrogen-bond donors (Lipinski definition) is 1. The van der Waals surface area contributed by atoms with E-state index in [1.54, 1.807) is 6.07 Å². The Kier molecular flexibility index (Phi) is 2.66. The molecule has 0 amide bonds. The smallest absolute Gasteiger partial charge is 0.352 e. The summed E-state index contributed by atoms with van der Waals surface area (Å²) in [6, 6.07) is 1.68. The number of hydrogen-bond acceptors (Lipinski definition) is 4. The van der Waals surface area contributed by atoms with Gasteiger partial charge in [0.2, 0.25) is 0 Å². The van der Waals surface area contributed by atoms with Crippen LogP contribution in [0.25, 0.3) is 5.65 Å². The van der Waals surface area contributed by atoms with Gasteiger partial charge in [-0.3, -0.25) is 4.79 Å². The third-order valence-electron chi connectivity index (χ3n) is 2.37. The summed E-state index contributed by atoms with van der Waals surface area (Å²) in [5, 5.41) is 12.6. The zero-order valence-electron chi connectivity index (χ0n) is 9.49. The molecule has 0 saturated heterocycles. The van der Waals surface area contributed by atoms with Crippen molar-refractivity contribution < 1.29 is 9.90 Å². The van der Waals surface area contributed by atoms with Crippen LogP contribution < -0.4 is 5.69 Å². The fourth-order valence-electron chi connectivity index (χ4n) is 1.48. The van der Waals surface area contributed by atoms with Crippen molar-refractivity contribution in [3.05, 3.63) is 28.6 Å². The van der Waals surface area contributed by atoms with E-state index in [0.29, 0.717) is 5.65 Å². The Morgan fingerprint density at radius 3 is 2.82 bits per heavy atom. The Morgan fingerprint density at radius 2 is 2.24 bits per heavy atom. The molecule has 7 heteroatoms. The number of carboxylic acid groups (broad SMARTS) is 1. The van der Waals surface area contributed by atoms with E-state index >= 15 is 0 Å². The van der Waals surface area contributed by atoms with Crippen LogP contribution in [0.1, 0.15) is 25.5 Å². The van der Waals surface area contributed by atoms with Crippen molar-refractivity contribution in [1.82, 2.24) is 19.2 Å². The van der Waals surface area contributed by atoms with E-state index in [1.165, 1.54) is 10.7 Å². The standard InChI is InChI=1S/C10H12N4O3/c1-6(2)7-3-8-12-14(4-9(15)16)10(17)13(8)5-11-7/h3,5-6H,4H2,1-2H3,(H,15,16). The molecular formula is C10H12N4O3. The molecule has 0 aromatic carbocycles. The molecular weight excluding hydrogens is 224 g/mol. The van der Waals surface area contributed by atoms with Crippen LogP contribution in [0.4, 0.5) is 0 Å². The Hall–Kier alpha value is -2.18. The lowest BCUT2D eigenvalue weighted by molar-refractivity contribution is -0.137. The summed E-state index contributed by atoms with van der Waals surface area (Å²) in [4.78, 5) is 26.4. The normalized spacial score (nSPS) is 11.2. The van der Waals surface area contributed by atoms with Crippen molar-refractivity contribution in [3.63, 3.8) is 0 Å². The van der Waals surface area contributed by atoms with Gasteiger partial charge in [0.15, 0.2) is 5.65 Å². The van der Waals surface area contributed by atoms with Gasteiger partial charge < -0.3 is 5.11 Å². The van der Waals surface area contributed by atoms with Crippen LogP contribution in [-0.4, -0.2) is 30.2 Å². The van der Waals surface area contributed by atoms with E-state index < -0.39 is 18.2 Å². The first-order valence-electron chi connectivity index (χ1n) is 5.16. The molecule has 2 heterocycles. The maximum absolute atomic E-state index is 11.7. The van der Waals surface area contributed by atoms with E-state index in [2.05, 4.69) is 10.1 Å². The average molecular weight is 236 g/mol. The molecule has 17 heavy (non-hydrogen) atoms. The van der Waals surface area contributed by atoms with Crippen LogP contribution >= 0.6 is 0 Å². The average Bonchev–Trinajstić information content (AvgIpc) is 2.54. The van der Waals surface area contributed by atoms with Gasteiger partial charge in [0.25, 0.3) is 0 Å². The van der Waals surface area contributed by atoms with Gasteiger partial charge in [0.05, 0.1) is 0 Å². The molecule has 0 aliphatic heterocycles. The molecule has 7 nitrogen and oxygen atoms in total. The maximum atomic E-state index is 11.7. The molecule has 0 spiro atoms. The second-order valence-corrected chi connectivity index (χ2v) is 4.03. The van der Waals surface area contributed by atoms with E-state index in [1.807, 2.05) is 13.8 Å². The predicted molar refractivity (Wildman–Crippen MR) is 59.0 cm³/mol. The lowest BCUT2D eigenvalue weighted by Crippen LogP contribution is -2.24. The number of aliphatic carboxylic acids is 1. The topological polar surface area (TPSA) is 89.5 Å². The summed E-state index contributed by atoms with van der Waals surface area (Å²) < 4.78 is 2.14. The van der Waals surface area contributed by atoms with Gasteiger partial charge in [-0.15, -0.1) is 5.10 Å². The zero-order valence-corrected chi connectivity index (χ0v) is 9.49. The SMILES string of the molecule is CC(C)c1cc2nn(CC(=O)O)c(=O)n2cn1. The Labute approximate surface area is 96.3 Å². The number of aromatic nitrogens is 4. The first kappa shape index (κ1) is 11.3. The van der Waals surface area contributed by atoms with E-state index in [9.17, 15) is 9.59 Å². The third kappa shape index (κ3) is 2.03. The zero-order chi connectivity index (χ0) is 12.6. The van der Waals surface area contributed by atoms with Crippen molar-refractivity contribution in [1.29, 1.82) is 0 Å². The highest BCUT2D eigenvalue weighted by Gasteiger charge is 2.11. The molecule has 0 atom stereocenters. The Balaban J connectivity index is 2.57. The molecule has 0 radical (unpaired) electrons. The van der Waals surface area contributed by atoms with Crippen LogP contribution in [0.5, 0.6) is 0 Å². The number of carboxylic acids is 1. The molecule has 2 rings (SSSR count). The van der Waals surface area contributed by atoms with Crippen LogP contribution in [0.15, 0.2) is 17.2 Å². The first-order valence-corrected chi connectivity index (χ1v) is 5.16. The summed E-state index contributed by atoms with van der Waals surface area (Å²) >= 11 is 0. The highest BCUT2D eigenvalue weighted by Crippen LogP contribution is 2.11. The fourth-order valence-corrected chi connectivity index (χ4v) is 1.48. The molecule has 0 fully saturated rings. The van der Waals surface area contributed by atoms with E-state index in [-0.39, 0.29) is 5.92 Å². The summed E-state index contributed by atoms with van der Waals surface area (Å²) in [7, 11) is 0. The number of rotatable bonds is 3. The molecule has 0 bridgehead atoms. The van der Waals surface area contributed by atoms with Gasteiger partial charge in [0.1, 0.15) is 12.9 Å². The van der Waals surface area contributed by atoms with Gasteiger partial charge in [-0.25, -0.2) is 18.9 Å². The minimum absolute atomic E-state index is 0.222. The maximum Gasteiger partial charge on any atom is 0.352 e. The first-order chi connectivity index (χ1) is 7.99. The summed E-state index contributed by atoms with van der Waals surface area (Å²) in [6.07, 6.45) is 1.37. The van der Waals surface area contributed by atoms with Crippen LogP contribution in [-0.2, 0) is 11.3 Å². The van der Waals surface area contributed by atoms with Crippen molar-refractivity contribution in [3.8, 4) is 0 Å². The van der Waals surface area contributed by atoms with E-state index in [4.69, 9.17) is 5.11 Å². The van der Waals surface area contributed by atoms with Gasteiger partial charge in [-0.05, 0) is 5.92 Å². The Bertz CT molecular complexity index is 626. The van der Waals surface area contributed by atoms with Crippen molar-refractivity contribution in [2.45, 2.75) is 26.3 Å². The molecule has 0 saturated carbocycles. The van der Waals surface area contributed by atoms with Crippen molar-refractivity contribution in [2.75, 3.05) is 0 Å². The minimum atomic E-state index is -1.10. The lowest BCUT2D eigenvalue weighted by atomic mass is 10.1. The summed E-state index contributed by atoms with van der Waals surface area (Å²) in [6.45, 7) is 3.51. The molecule has 2 aromatic rings. The van der Waals surface area contributed by atoms with Crippen molar-refractivity contribution >= 4 is 11.6 Å². The van der Waals surface area contributed by atoms with Gasteiger partial charge in [-0.2, -0.15) is 0 Å². The molecule has 0 aliphatic rings. The molecule has 90 valence electrons. The number of carbonyl (C=O) groups is 1. The predicted octanol–water partition coefficient (Wildman–Crippen LogP) is 0.0990. The fraction of sp³-hybridized carbons (Fsp3) is 0.400. The van der Waals surface area contributed by atoms with Crippen LogP contribution in [0, 0.1) is 0 Å². The highest BCUT2D eigenvalue weighted by atomic mass is 16.4. The van der Waals surface area contributed by atoms with E-state index in [0.717, 1.165) is 10.4 Å². The van der Waals surface area contributed by atoms with Gasteiger partial charge >= 0.3 is 11.7 Å². The second kappa shape index (κ2) is 4.00. The second-order valence-electron chi connectivity index (χ2n) is 4.03. The quantitative estimate of drug-likeness (QED) is 0.816. The van der Waals surface area contributed by atoms with Crippen LogP contribution in [0.2, 0.25) is 0 Å². The summed E-state index contributed by atoms with van der Waals surface area (Å²) in [5.41, 5.74) is 0.727. The molecule has 0 unspecified atom stereocenters. The number of nitrogens with zero attached hydrogens (tertiary/aromatic N) is 4. The summed E-state index contributed by atoms with van der Waals surface area (Å²) in [5.74, 6) is -0.882. The van der Waals surface area contributed by atoms with Gasteiger partial charge in [0, 0.05) is 11.8 Å². The minimum Gasteiger partial charge on any atom is -0.480 e.